The van der Waals surface area contributed by atoms with Crippen LogP contribution in [-0.2, 0) is 10.0 Å². The number of amides is 1. The van der Waals surface area contributed by atoms with Gasteiger partial charge in [0, 0.05) is 17.7 Å². The zero-order valence-corrected chi connectivity index (χ0v) is 17.0. The molecule has 9 heteroatoms. The summed E-state index contributed by atoms with van der Waals surface area (Å²) in [6, 6.07) is 16.9. The Kier molecular flexibility index (Phi) is 5.84. The Morgan fingerprint density at radius 3 is 2.20 bits per heavy atom. The van der Waals surface area contributed by atoms with Gasteiger partial charge in [-0.05, 0) is 49.4 Å². The number of carbonyl (C=O) groups is 1. The summed E-state index contributed by atoms with van der Waals surface area (Å²) in [4.78, 5) is 23.6. The van der Waals surface area contributed by atoms with Crippen molar-refractivity contribution in [3.8, 4) is 5.75 Å². The first-order valence-electron chi connectivity index (χ1n) is 8.79. The van der Waals surface area contributed by atoms with E-state index in [1.54, 1.807) is 12.1 Å². The molecule has 0 radical (unpaired) electrons. The average Bonchev–Trinajstić information content (AvgIpc) is 2.74. The molecule has 0 spiro atoms. The molecule has 0 aliphatic rings. The summed E-state index contributed by atoms with van der Waals surface area (Å²) in [5.74, 6) is -0.432. The van der Waals surface area contributed by atoms with Crippen molar-refractivity contribution in [1.82, 2.24) is 0 Å². The van der Waals surface area contributed by atoms with Crippen LogP contribution in [0.1, 0.15) is 15.9 Å². The molecule has 0 saturated heterocycles. The summed E-state index contributed by atoms with van der Waals surface area (Å²) < 4.78 is 32.5. The second kappa shape index (κ2) is 8.34. The molecule has 0 N–H and O–H groups in total. The molecule has 0 aromatic heterocycles. The maximum atomic E-state index is 13.4. The van der Waals surface area contributed by atoms with Gasteiger partial charge >= 0.3 is 0 Å². The van der Waals surface area contributed by atoms with E-state index in [1.807, 2.05) is 6.92 Å². The van der Waals surface area contributed by atoms with Gasteiger partial charge < -0.3 is 4.74 Å². The van der Waals surface area contributed by atoms with E-state index in [9.17, 15) is 23.3 Å². The van der Waals surface area contributed by atoms with Crippen LogP contribution >= 0.6 is 0 Å². The molecule has 3 aromatic carbocycles. The molecule has 0 saturated carbocycles. The predicted molar refractivity (Wildman–Crippen MR) is 111 cm³/mol. The Labute approximate surface area is 173 Å². The van der Waals surface area contributed by atoms with Gasteiger partial charge in [0.15, 0.2) is 0 Å². The number of aryl methyl sites for hydroxylation is 1. The van der Waals surface area contributed by atoms with Gasteiger partial charge in [-0.3, -0.25) is 14.9 Å². The third-order valence-electron chi connectivity index (χ3n) is 4.35. The van der Waals surface area contributed by atoms with Gasteiger partial charge in [0.05, 0.1) is 22.6 Å². The van der Waals surface area contributed by atoms with Gasteiger partial charge in [0.25, 0.3) is 21.6 Å². The number of hydrogen-bond donors (Lipinski definition) is 0. The van der Waals surface area contributed by atoms with E-state index in [0.717, 1.165) is 11.6 Å². The summed E-state index contributed by atoms with van der Waals surface area (Å²) in [5.41, 5.74) is 0.488. The minimum absolute atomic E-state index is 0.0767. The summed E-state index contributed by atoms with van der Waals surface area (Å²) >= 11 is 0. The highest BCUT2D eigenvalue weighted by Gasteiger charge is 2.32. The second-order valence-corrected chi connectivity index (χ2v) is 8.18. The standard InChI is InChI=1S/C21H18N2O6S/c1-15-6-12-20(13-7-15)30(27,28)22(17-8-10-19(29-2)11-9-17)21(24)16-4-3-5-18(14-16)23(25)26/h3-14H,1-2H3. The molecular weight excluding hydrogens is 408 g/mol. The van der Waals surface area contributed by atoms with Crippen molar-refractivity contribution in [3.63, 3.8) is 0 Å². The largest absolute Gasteiger partial charge is 0.497 e. The van der Waals surface area contributed by atoms with E-state index < -0.39 is 20.9 Å². The first-order chi connectivity index (χ1) is 14.2. The molecule has 0 aliphatic heterocycles. The van der Waals surface area contributed by atoms with Crippen molar-refractivity contribution >= 4 is 27.3 Å². The lowest BCUT2D eigenvalue weighted by atomic mass is 10.2. The van der Waals surface area contributed by atoms with Crippen molar-refractivity contribution < 1.29 is 22.9 Å². The number of sulfonamides is 1. The fourth-order valence-electron chi connectivity index (χ4n) is 2.77. The molecule has 0 bridgehead atoms. The number of ether oxygens (including phenoxy) is 1. The zero-order chi connectivity index (χ0) is 21.9. The van der Waals surface area contributed by atoms with Crippen LogP contribution in [0.4, 0.5) is 11.4 Å². The van der Waals surface area contributed by atoms with Crippen LogP contribution in [0.25, 0.3) is 0 Å². The van der Waals surface area contributed by atoms with E-state index in [1.165, 1.54) is 61.7 Å². The van der Waals surface area contributed by atoms with Crippen LogP contribution in [-0.4, -0.2) is 26.4 Å². The minimum atomic E-state index is -4.30. The highest BCUT2D eigenvalue weighted by molar-refractivity contribution is 7.93. The van der Waals surface area contributed by atoms with E-state index >= 15 is 0 Å². The molecule has 0 heterocycles. The Hall–Kier alpha value is -3.72. The number of hydrogen-bond acceptors (Lipinski definition) is 6. The number of anilines is 1. The summed E-state index contributed by atoms with van der Waals surface area (Å²) in [6.07, 6.45) is 0. The van der Waals surface area contributed by atoms with Gasteiger partial charge in [-0.1, -0.05) is 23.8 Å². The number of methoxy groups -OCH3 is 1. The number of nitro groups is 1. The van der Waals surface area contributed by atoms with Crippen molar-refractivity contribution in [3.05, 3.63) is 94.0 Å². The van der Waals surface area contributed by atoms with Crippen molar-refractivity contribution in [1.29, 1.82) is 0 Å². The lowest BCUT2D eigenvalue weighted by Crippen LogP contribution is -2.37. The monoisotopic (exact) mass is 426 g/mol. The van der Waals surface area contributed by atoms with Crippen molar-refractivity contribution in [2.75, 3.05) is 11.4 Å². The summed E-state index contributed by atoms with van der Waals surface area (Å²) in [5, 5.41) is 11.1. The molecule has 154 valence electrons. The molecule has 0 atom stereocenters. The van der Waals surface area contributed by atoms with Gasteiger partial charge in [0.1, 0.15) is 5.75 Å². The number of carbonyl (C=O) groups excluding carboxylic acids is 1. The topological polar surface area (TPSA) is 107 Å². The lowest BCUT2D eigenvalue weighted by Gasteiger charge is -2.23. The van der Waals surface area contributed by atoms with Gasteiger partial charge in [-0.2, -0.15) is 4.31 Å². The van der Waals surface area contributed by atoms with Crippen LogP contribution < -0.4 is 9.04 Å². The smallest absolute Gasteiger partial charge is 0.272 e. The predicted octanol–water partition coefficient (Wildman–Crippen LogP) is 3.95. The maximum absolute atomic E-state index is 13.4. The molecule has 3 aromatic rings. The van der Waals surface area contributed by atoms with E-state index in [-0.39, 0.29) is 21.8 Å². The third kappa shape index (κ3) is 4.15. The average molecular weight is 426 g/mol. The Morgan fingerprint density at radius 1 is 1.00 bits per heavy atom. The number of nitrogens with zero attached hydrogens (tertiary/aromatic N) is 2. The third-order valence-corrected chi connectivity index (χ3v) is 6.08. The quantitative estimate of drug-likeness (QED) is 0.436. The normalized spacial score (nSPS) is 11.0. The Balaban J connectivity index is 2.16. The molecule has 3 rings (SSSR count). The number of non-ortho nitro benzene ring substituents is 1. The first kappa shape index (κ1) is 21.0. The molecule has 8 nitrogen and oxygen atoms in total. The maximum Gasteiger partial charge on any atom is 0.272 e. The van der Waals surface area contributed by atoms with Gasteiger partial charge in [-0.25, -0.2) is 8.42 Å². The lowest BCUT2D eigenvalue weighted by molar-refractivity contribution is -0.384. The fourth-order valence-corrected chi connectivity index (χ4v) is 4.18. The van der Waals surface area contributed by atoms with Crippen LogP contribution in [0.2, 0.25) is 0 Å². The highest BCUT2D eigenvalue weighted by atomic mass is 32.2. The van der Waals surface area contributed by atoms with E-state index in [0.29, 0.717) is 10.1 Å². The van der Waals surface area contributed by atoms with Crippen LogP contribution in [0, 0.1) is 17.0 Å². The number of rotatable bonds is 6. The number of benzene rings is 3. The summed E-state index contributed by atoms with van der Waals surface area (Å²) in [7, 11) is -2.84. The van der Waals surface area contributed by atoms with E-state index in [4.69, 9.17) is 4.74 Å². The molecule has 0 aliphatic carbocycles. The van der Waals surface area contributed by atoms with Crippen molar-refractivity contribution in [2.45, 2.75) is 11.8 Å². The van der Waals surface area contributed by atoms with Crippen LogP contribution in [0.15, 0.2) is 77.7 Å². The van der Waals surface area contributed by atoms with Gasteiger partial charge in [-0.15, -0.1) is 0 Å². The number of nitro benzene ring substituents is 1. The van der Waals surface area contributed by atoms with Crippen LogP contribution in [0.5, 0.6) is 5.75 Å². The van der Waals surface area contributed by atoms with Crippen molar-refractivity contribution in [2.24, 2.45) is 0 Å². The highest BCUT2D eigenvalue weighted by Crippen LogP contribution is 2.28. The van der Waals surface area contributed by atoms with Gasteiger partial charge in [0.2, 0.25) is 0 Å². The second-order valence-electron chi connectivity index (χ2n) is 6.39. The Morgan fingerprint density at radius 2 is 1.63 bits per heavy atom. The SMILES string of the molecule is COc1ccc(N(C(=O)c2cccc([N+](=O)[O-])c2)S(=O)(=O)c2ccc(C)cc2)cc1. The zero-order valence-electron chi connectivity index (χ0n) is 16.2. The molecule has 0 fully saturated rings. The molecule has 1 amide bonds. The minimum Gasteiger partial charge on any atom is -0.497 e. The Bertz CT molecular complexity index is 1190. The first-order valence-corrected chi connectivity index (χ1v) is 10.2. The van der Waals surface area contributed by atoms with Crippen LogP contribution in [0.3, 0.4) is 0 Å². The molecule has 30 heavy (non-hydrogen) atoms. The van der Waals surface area contributed by atoms with E-state index in [2.05, 4.69) is 0 Å². The summed E-state index contributed by atoms with van der Waals surface area (Å²) in [6.45, 7) is 1.81. The molecule has 0 unspecified atom stereocenters. The fraction of sp³-hybridized carbons (Fsp3) is 0.0952. The molecular formula is C21H18N2O6S.